The highest BCUT2D eigenvalue weighted by Crippen LogP contribution is 2.25. The standard InChI is InChI=1S/C21H17N3O2S2/c25-19(13-18-7-4-12-27-18)22-16-8-10-17(11-9-16)28-14-20-23-24-21(26-20)15-5-2-1-3-6-15/h1-12H,13-14H2,(H,22,25). The second kappa shape index (κ2) is 8.86. The molecular weight excluding hydrogens is 390 g/mol. The third-order valence-corrected chi connectivity index (χ3v) is 5.78. The molecule has 5 nitrogen and oxygen atoms in total. The molecule has 4 aromatic rings. The van der Waals surface area contributed by atoms with Crippen molar-refractivity contribution in [2.24, 2.45) is 0 Å². The number of carbonyl (C=O) groups excluding carboxylic acids is 1. The normalized spacial score (nSPS) is 10.7. The van der Waals surface area contributed by atoms with Crippen molar-refractivity contribution in [1.29, 1.82) is 0 Å². The number of rotatable bonds is 7. The van der Waals surface area contributed by atoms with Crippen molar-refractivity contribution in [3.05, 3.63) is 82.9 Å². The van der Waals surface area contributed by atoms with Crippen molar-refractivity contribution in [1.82, 2.24) is 10.2 Å². The van der Waals surface area contributed by atoms with E-state index in [1.54, 1.807) is 23.1 Å². The van der Waals surface area contributed by atoms with Crippen LogP contribution in [-0.4, -0.2) is 16.1 Å². The fourth-order valence-corrected chi connectivity index (χ4v) is 4.00. The molecule has 7 heteroatoms. The van der Waals surface area contributed by atoms with Gasteiger partial charge in [0.05, 0.1) is 12.2 Å². The summed E-state index contributed by atoms with van der Waals surface area (Å²) in [6.07, 6.45) is 0.398. The van der Waals surface area contributed by atoms with E-state index in [0.29, 0.717) is 24.0 Å². The molecular formula is C21H17N3O2S2. The van der Waals surface area contributed by atoms with E-state index >= 15 is 0 Å². The number of carbonyl (C=O) groups is 1. The summed E-state index contributed by atoms with van der Waals surface area (Å²) in [5.41, 5.74) is 1.70. The summed E-state index contributed by atoms with van der Waals surface area (Å²) in [7, 11) is 0. The van der Waals surface area contributed by atoms with Gasteiger partial charge < -0.3 is 9.73 Å². The summed E-state index contributed by atoms with van der Waals surface area (Å²) < 4.78 is 5.72. The monoisotopic (exact) mass is 407 g/mol. The minimum atomic E-state index is -0.0119. The molecule has 1 N–H and O–H groups in total. The molecule has 0 unspecified atom stereocenters. The van der Waals surface area contributed by atoms with E-state index in [0.717, 1.165) is 21.0 Å². The maximum atomic E-state index is 12.1. The first-order chi connectivity index (χ1) is 13.8. The average molecular weight is 408 g/mol. The minimum absolute atomic E-state index is 0.0119. The summed E-state index contributed by atoms with van der Waals surface area (Å²) >= 11 is 3.19. The molecule has 2 aromatic heterocycles. The van der Waals surface area contributed by atoms with Crippen LogP contribution in [-0.2, 0) is 17.0 Å². The van der Waals surface area contributed by atoms with Crippen LogP contribution in [0.15, 0.2) is 81.4 Å². The van der Waals surface area contributed by atoms with Gasteiger partial charge in [-0.1, -0.05) is 24.3 Å². The number of aromatic nitrogens is 2. The van der Waals surface area contributed by atoms with E-state index in [-0.39, 0.29) is 5.91 Å². The molecule has 0 atom stereocenters. The van der Waals surface area contributed by atoms with Gasteiger partial charge in [-0.2, -0.15) is 0 Å². The lowest BCUT2D eigenvalue weighted by Gasteiger charge is -2.05. The minimum Gasteiger partial charge on any atom is -0.420 e. The lowest BCUT2D eigenvalue weighted by Crippen LogP contribution is -2.13. The van der Waals surface area contributed by atoms with Gasteiger partial charge in [-0.3, -0.25) is 4.79 Å². The van der Waals surface area contributed by atoms with Gasteiger partial charge in [-0.05, 0) is 47.8 Å². The summed E-state index contributed by atoms with van der Waals surface area (Å²) in [4.78, 5) is 14.2. The molecule has 4 rings (SSSR count). The van der Waals surface area contributed by atoms with Crippen molar-refractivity contribution >= 4 is 34.7 Å². The van der Waals surface area contributed by atoms with E-state index in [1.165, 1.54) is 0 Å². The number of thiophene rings is 1. The van der Waals surface area contributed by atoms with Crippen LogP contribution >= 0.6 is 23.1 Å². The predicted octanol–water partition coefficient (Wildman–Crippen LogP) is 5.27. The molecule has 0 saturated carbocycles. The topological polar surface area (TPSA) is 68.0 Å². The SMILES string of the molecule is O=C(Cc1cccs1)Nc1ccc(SCc2nnc(-c3ccccc3)o2)cc1. The largest absolute Gasteiger partial charge is 0.420 e. The molecule has 0 aliphatic carbocycles. The number of nitrogens with one attached hydrogen (secondary N) is 1. The molecule has 2 heterocycles. The van der Waals surface area contributed by atoms with Gasteiger partial charge in [0, 0.05) is 21.0 Å². The molecule has 2 aromatic carbocycles. The zero-order valence-corrected chi connectivity index (χ0v) is 16.5. The van der Waals surface area contributed by atoms with Crippen molar-refractivity contribution in [2.75, 3.05) is 5.32 Å². The quantitative estimate of drug-likeness (QED) is 0.423. The summed E-state index contributed by atoms with van der Waals surface area (Å²) in [5, 5.41) is 13.1. The maximum absolute atomic E-state index is 12.1. The Hall–Kier alpha value is -2.90. The second-order valence-electron chi connectivity index (χ2n) is 5.98. The zero-order valence-electron chi connectivity index (χ0n) is 14.9. The highest BCUT2D eigenvalue weighted by atomic mass is 32.2. The lowest BCUT2D eigenvalue weighted by atomic mass is 10.2. The molecule has 140 valence electrons. The Kier molecular flexibility index (Phi) is 5.84. The van der Waals surface area contributed by atoms with Crippen LogP contribution in [0.2, 0.25) is 0 Å². The molecule has 0 spiro atoms. The highest BCUT2D eigenvalue weighted by Gasteiger charge is 2.09. The van der Waals surface area contributed by atoms with Crippen LogP contribution < -0.4 is 5.32 Å². The van der Waals surface area contributed by atoms with Gasteiger partial charge in [-0.25, -0.2) is 0 Å². The molecule has 1 amide bonds. The lowest BCUT2D eigenvalue weighted by molar-refractivity contribution is -0.115. The Morgan fingerprint density at radius 3 is 2.57 bits per heavy atom. The maximum Gasteiger partial charge on any atom is 0.247 e. The summed E-state index contributed by atoms with van der Waals surface area (Å²) in [6.45, 7) is 0. The number of amides is 1. The first kappa shape index (κ1) is 18.5. The average Bonchev–Trinajstić information content (AvgIpc) is 3.40. The zero-order chi connectivity index (χ0) is 19.2. The third kappa shape index (κ3) is 4.88. The number of hydrogen-bond acceptors (Lipinski definition) is 6. The van der Waals surface area contributed by atoms with E-state index in [9.17, 15) is 4.79 Å². The first-order valence-electron chi connectivity index (χ1n) is 8.69. The molecule has 0 aliphatic rings. The van der Waals surface area contributed by atoms with Crippen LogP contribution in [0.1, 0.15) is 10.8 Å². The molecule has 28 heavy (non-hydrogen) atoms. The van der Waals surface area contributed by atoms with Gasteiger partial charge in [-0.15, -0.1) is 33.3 Å². The van der Waals surface area contributed by atoms with Crippen molar-refractivity contribution in [3.63, 3.8) is 0 Å². The Morgan fingerprint density at radius 2 is 1.82 bits per heavy atom. The van der Waals surface area contributed by atoms with Gasteiger partial charge >= 0.3 is 0 Å². The fraction of sp³-hybridized carbons (Fsp3) is 0.0952. The van der Waals surface area contributed by atoms with Crippen LogP contribution in [0.5, 0.6) is 0 Å². The van der Waals surface area contributed by atoms with E-state index < -0.39 is 0 Å². The van der Waals surface area contributed by atoms with Gasteiger partial charge in [0.25, 0.3) is 0 Å². The van der Waals surface area contributed by atoms with Gasteiger partial charge in [0.15, 0.2) is 0 Å². The smallest absolute Gasteiger partial charge is 0.247 e. The Morgan fingerprint density at radius 1 is 1.00 bits per heavy atom. The van der Waals surface area contributed by atoms with Crippen molar-refractivity contribution in [3.8, 4) is 11.5 Å². The first-order valence-corrected chi connectivity index (χ1v) is 10.6. The van der Waals surface area contributed by atoms with Crippen LogP contribution in [0.4, 0.5) is 5.69 Å². The van der Waals surface area contributed by atoms with Crippen LogP contribution in [0, 0.1) is 0 Å². The molecule has 0 radical (unpaired) electrons. The summed E-state index contributed by atoms with van der Waals surface area (Å²) in [6, 6.07) is 21.4. The number of hydrogen-bond donors (Lipinski definition) is 1. The Bertz CT molecular complexity index is 1030. The van der Waals surface area contributed by atoms with Crippen molar-refractivity contribution < 1.29 is 9.21 Å². The molecule has 0 aliphatic heterocycles. The molecule has 0 saturated heterocycles. The van der Waals surface area contributed by atoms with Crippen molar-refractivity contribution in [2.45, 2.75) is 17.1 Å². The van der Waals surface area contributed by atoms with E-state index in [1.807, 2.05) is 72.1 Å². The van der Waals surface area contributed by atoms with Crippen LogP contribution in [0.25, 0.3) is 11.5 Å². The second-order valence-corrected chi connectivity index (χ2v) is 8.07. The number of nitrogens with zero attached hydrogens (tertiary/aromatic N) is 2. The highest BCUT2D eigenvalue weighted by molar-refractivity contribution is 7.98. The Balaban J connectivity index is 1.30. The van der Waals surface area contributed by atoms with Crippen LogP contribution in [0.3, 0.4) is 0 Å². The summed E-state index contributed by atoms with van der Waals surface area (Å²) in [5.74, 6) is 1.68. The fourth-order valence-electron chi connectivity index (χ4n) is 2.57. The van der Waals surface area contributed by atoms with E-state index in [4.69, 9.17) is 4.42 Å². The third-order valence-electron chi connectivity index (χ3n) is 3.90. The van der Waals surface area contributed by atoms with E-state index in [2.05, 4.69) is 15.5 Å². The van der Waals surface area contributed by atoms with Gasteiger partial charge in [0.2, 0.25) is 17.7 Å². The Labute approximate surface area is 170 Å². The van der Waals surface area contributed by atoms with Gasteiger partial charge in [0.1, 0.15) is 0 Å². The number of benzene rings is 2. The number of anilines is 1. The molecule has 0 fully saturated rings. The predicted molar refractivity (Wildman–Crippen MR) is 112 cm³/mol. The number of thioether (sulfide) groups is 1. The molecule has 0 bridgehead atoms.